The standard InChI is InChI=1S/C39H35NO4/c1-41-38-24-32(18-22-36(38)43-27-30-14-8-4-9-15-30)34-20-21-35(40(34)26-29-12-6-3-7-13-29)33-19-23-37(39(25-33)42-2)44-28-31-16-10-5-11-17-31/h3-25H,26-28H2,1-2H3. The molecule has 6 aromatic rings. The Morgan fingerprint density at radius 2 is 0.841 bits per heavy atom. The van der Waals surface area contributed by atoms with Crippen LogP contribution >= 0.6 is 0 Å². The van der Waals surface area contributed by atoms with E-state index in [0.717, 1.165) is 33.6 Å². The molecule has 5 aromatic carbocycles. The van der Waals surface area contributed by atoms with E-state index in [1.807, 2.05) is 66.7 Å². The number of nitrogens with zero attached hydrogens (tertiary/aromatic N) is 1. The van der Waals surface area contributed by atoms with Gasteiger partial charge < -0.3 is 23.5 Å². The average Bonchev–Trinajstić information content (AvgIpc) is 3.50. The number of benzene rings is 5. The van der Waals surface area contributed by atoms with Gasteiger partial charge in [-0.25, -0.2) is 0 Å². The smallest absolute Gasteiger partial charge is 0.161 e. The van der Waals surface area contributed by atoms with Crippen molar-refractivity contribution >= 4 is 0 Å². The minimum atomic E-state index is 0.470. The first-order valence-corrected chi connectivity index (χ1v) is 14.7. The minimum absolute atomic E-state index is 0.470. The summed E-state index contributed by atoms with van der Waals surface area (Å²) in [6.07, 6.45) is 0. The van der Waals surface area contributed by atoms with Crippen molar-refractivity contribution in [1.29, 1.82) is 0 Å². The van der Waals surface area contributed by atoms with Crippen LogP contribution in [0, 0.1) is 0 Å². The van der Waals surface area contributed by atoms with Gasteiger partial charge in [-0.05, 0) is 65.2 Å². The first kappa shape index (κ1) is 28.7. The van der Waals surface area contributed by atoms with Crippen LogP contribution in [-0.4, -0.2) is 18.8 Å². The lowest BCUT2D eigenvalue weighted by atomic mass is 10.1. The summed E-state index contributed by atoms with van der Waals surface area (Å²) in [5.41, 5.74) is 7.62. The second-order valence-corrected chi connectivity index (χ2v) is 10.5. The van der Waals surface area contributed by atoms with E-state index in [9.17, 15) is 0 Å². The Morgan fingerprint density at radius 1 is 0.432 bits per heavy atom. The molecule has 0 amide bonds. The van der Waals surface area contributed by atoms with Crippen LogP contribution in [0.25, 0.3) is 22.5 Å². The molecule has 1 aromatic heterocycles. The molecule has 5 heteroatoms. The summed E-state index contributed by atoms with van der Waals surface area (Å²) < 4.78 is 26.2. The van der Waals surface area contributed by atoms with E-state index in [4.69, 9.17) is 18.9 Å². The predicted octanol–water partition coefficient (Wildman–Crippen LogP) is 9.05. The van der Waals surface area contributed by atoms with Gasteiger partial charge in [0.2, 0.25) is 0 Å². The van der Waals surface area contributed by atoms with Gasteiger partial charge in [-0.3, -0.25) is 0 Å². The molecule has 0 radical (unpaired) electrons. The molecule has 0 spiro atoms. The topological polar surface area (TPSA) is 41.9 Å². The van der Waals surface area contributed by atoms with Crippen LogP contribution in [-0.2, 0) is 19.8 Å². The molecule has 0 aliphatic carbocycles. The van der Waals surface area contributed by atoms with Crippen LogP contribution < -0.4 is 18.9 Å². The lowest BCUT2D eigenvalue weighted by Crippen LogP contribution is -2.05. The van der Waals surface area contributed by atoms with E-state index in [-0.39, 0.29) is 0 Å². The molecular weight excluding hydrogens is 546 g/mol. The highest BCUT2D eigenvalue weighted by Crippen LogP contribution is 2.38. The molecule has 0 saturated heterocycles. The number of hydrogen-bond acceptors (Lipinski definition) is 4. The maximum absolute atomic E-state index is 6.13. The molecule has 0 fully saturated rings. The van der Waals surface area contributed by atoms with E-state index in [1.54, 1.807) is 14.2 Å². The number of methoxy groups -OCH3 is 2. The lowest BCUT2D eigenvalue weighted by Gasteiger charge is -2.17. The Kier molecular flexibility index (Phi) is 8.93. The van der Waals surface area contributed by atoms with Gasteiger partial charge in [0.05, 0.1) is 14.2 Å². The molecule has 6 rings (SSSR count). The van der Waals surface area contributed by atoms with Crippen molar-refractivity contribution in [1.82, 2.24) is 4.57 Å². The van der Waals surface area contributed by atoms with Crippen molar-refractivity contribution in [2.75, 3.05) is 14.2 Å². The van der Waals surface area contributed by atoms with Crippen molar-refractivity contribution in [2.24, 2.45) is 0 Å². The van der Waals surface area contributed by atoms with E-state index in [2.05, 4.69) is 77.4 Å². The summed E-state index contributed by atoms with van der Waals surface area (Å²) in [4.78, 5) is 0. The van der Waals surface area contributed by atoms with Crippen LogP contribution in [0.1, 0.15) is 16.7 Å². The Bertz CT molecular complexity index is 1680. The SMILES string of the molecule is COc1cc(-c2ccc(-c3ccc(OCc4ccccc4)c(OC)c3)n2Cc2ccccc2)ccc1OCc1ccccc1. The maximum atomic E-state index is 6.13. The first-order chi connectivity index (χ1) is 21.7. The molecule has 0 aliphatic heterocycles. The summed E-state index contributed by atoms with van der Waals surface area (Å²) in [5.74, 6) is 2.79. The second kappa shape index (κ2) is 13.7. The Balaban J connectivity index is 1.33. The first-order valence-electron chi connectivity index (χ1n) is 14.7. The van der Waals surface area contributed by atoms with Crippen LogP contribution in [0.2, 0.25) is 0 Å². The zero-order chi connectivity index (χ0) is 30.1. The van der Waals surface area contributed by atoms with Crippen molar-refractivity contribution in [2.45, 2.75) is 19.8 Å². The van der Waals surface area contributed by atoms with E-state index in [1.165, 1.54) is 5.56 Å². The van der Waals surface area contributed by atoms with Gasteiger partial charge in [0.15, 0.2) is 23.0 Å². The molecule has 0 saturated carbocycles. The van der Waals surface area contributed by atoms with E-state index >= 15 is 0 Å². The number of rotatable bonds is 12. The van der Waals surface area contributed by atoms with Crippen molar-refractivity contribution < 1.29 is 18.9 Å². The molecule has 0 aliphatic rings. The normalized spacial score (nSPS) is 10.8. The maximum Gasteiger partial charge on any atom is 0.161 e. The zero-order valence-corrected chi connectivity index (χ0v) is 25.0. The zero-order valence-electron chi connectivity index (χ0n) is 25.0. The lowest BCUT2D eigenvalue weighted by molar-refractivity contribution is 0.284. The molecule has 220 valence electrons. The Hall–Kier alpha value is -5.42. The highest BCUT2D eigenvalue weighted by atomic mass is 16.5. The molecule has 0 N–H and O–H groups in total. The van der Waals surface area contributed by atoms with Gasteiger partial charge in [-0.15, -0.1) is 0 Å². The largest absolute Gasteiger partial charge is 0.493 e. The van der Waals surface area contributed by atoms with Gasteiger partial charge in [-0.1, -0.05) is 91.0 Å². The summed E-state index contributed by atoms with van der Waals surface area (Å²) in [7, 11) is 3.35. The molecular formula is C39H35NO4. The summed E-state index contributed by atoms with van der Waals surface area (Å²) >= 11 is 0. The summed E-state index contributed by atoms with van der Waals surface area (Å²) in [5, 5.41) is 0. The fourth-order valence-corrected chi connectivity index (χ4v) is 5.27. The van der Waals surface area contributed by atoms with Crippen molar-refractivity contribution in [3.05, 3.63) is 156 Å². The fourth-order valence-electron chi connectivity index (χ4n) is 5.27. The Morgan fingerprint density at radius 3 is 1.25 bits per heavy atom. The highest BCUT2D eigenvalue weighted by Gasteiger charge is 2.17. The minimum Gasteiger partial charge on any atom is -0.493 e. The fraction of sp³-hybridized carbons (Fsp3) is 0.128. The third-order valence-electron chi connectivity index (χ3n) is 7.56. The van der Waals surface area contributed by atoms with Crippen LogP contribution in [0.3, 0.4) is 0 Å². The van der Waals surface area contributed by atoms with E-state index in [0.29, 0.717) is 42.8 Å². The number of hydrogen-bond donors (Lipinski definition) is 0. The van der Waals surface area contributed by atoms with Gasteiger partial charge in [0, 0.05) is 29.1 Å². The predicted molar refractivity (Wildman–Crippen MR) is 175 cm³/mol. The second-order valence-electron chi connectivity index (χ2n) is 10.5. The van der Waals surface area contributed by atoms with Gasteiger partial charge in [-0.2, -0.15) is 0 Å². The molecule has 44 heavy (non-hydrogen) atoms. The molecule has 0 bridgehead atoms. The van der Waals surface area contributed by atoms with Crippen molar-refractivity contribution in [3.63, 3.8) is 0 Å². The monoisotopic (exact) mass is 581 g/mol. The highest BCUT2D eigenvalue weighted by molar-refractivity contribution is 5.73. The van der Waals surface area contributed by atoms with Crippen LogP contribution in [0.4, 0.5) is 0 Å². The molecule has 0 unspecified atom stereocenters. The molecule has 1 heterocycles. The van der Waals surface area contributed by atoms with Gasteiger partial charge in [0.1, 0.15) is 13.2 Å². The van der Waals surface area contributed by atoms with Crippen LogP contribution in [0.5, 0.6) is 23.0 Å². The Labute approximate surface area is 258 Å². The summed E-state index contributed by atoms with van der Waals surface area (Å²) in [6, 6.07) is 47.3. The average molecular weight is 582 g/mol. The quantitative estimate of drug-likeness (QED) is 0.145. The third kappa shape index (κ3) is 6.63. The van der Waals surface area contributed by atoms with Gasteiger partial charge >= 0.3 is 0 Å². The molecule has 5 nitrogen and oxygen atoms in total. The van der Waals surface area contributed by atoms with Crippen LogP contribution in [0.15, 0.2) is 140 Å². The number of aromatic nitrogens is 1. The third-order valence-corrected chi connectivity index (χ3v) is 7.56. The van der Waals surface area contributed by atoms with Gasteiger partial charge in [0.25, 0.3) is 0 Å². The summed E-state index contributed by atoms with van der Waals surface area (Å²) in [6.45, 7) is 1.64. The van der Waals surface area contributed by atoms with Crippen molar-refractivity contribution in [3.8, 4) is 45.5 Å². The van der Waals surface area contributed by atoms with E-state index < -0.39 is 0 Å². The number of ether oxygens (including phenoxy) is 4. The molecule has 0 atom stereocenters.